The first-order valence-electron chi connectivity index (χ1n) is 4.43. The summed E-state index contributed by atoms with van der Waals surface area (Å²) >= 11 is 6.11. The zero-order valence-corrected chi connectivity index (χ0v) is 11.9. The van der Waals surface area contributed by atoms with Crippen molar-refractivity contribution < 1.29 is 14.2 Å². The largest absolute Gasteiger partial charge is 0.387 e. The Morgan fingerprint density at radius 1 is 1.31 bits per heavy atom. The first-order valence-corrected chi connectivity index (χ1v) is 9.62. The van der Waals surface area contributed by atoms with Gasteiger partial charge in [-0.25, -0.2) is 0 Å². The van der Waals surface area contributed by atoms with Crippen LogP contribution in [0, 0.1) is 0 Å². The van der Waals surface area contributed by atoms with Crippen LogP contribution < -0.4 is 0 Å². The molecule has 0 aromatic carbocycles. The van der Waals surface area contributed by atoms with Gasteiger partial charge in [0.2, 0.25) is 0 Å². The average Bonchev–Trinajstić information content (AvgIpc) is 2.13. The highest BCUT2D eigenvalue weighted by atomic mass is 35.6. The maximum atomic E-state index is 6.11. The monoisotopic (exact) mass is 242 g/mol. The van der Waals surface area contributed by atoms with Crippen molar-refractivity contribution in [1.82, 2.24) is 0 Å². The molecule has 0 N–H and O–H groups in total. The molecule has 0 spiro atoms. The Kier molecular flexibility index (Phi) is 9.60. The molecule has 0 aliphatic rings. The topological polar surface area (TPSA) is 27.7 Å². The fourth-order valence-electron chi connectivity index (χ4n) is 1.10. The van der Waals surface area contributed by atoms with Gasteiger partial charge < -0.3 is 14.2 Å². The van der Waals surface area contributed by atoms with Crippen LogP contribution in [0.3, 0.4) is 0 Å². The second-order valence-electron chi connectivity index (χ2n) is 2.88. The molecule has 0 heterocycles. The molecule has 0 rings (SSSR count). The van der Waals surface area contributed by atoms with Gasteiger partial charge in [0.1, 0.15) is 5.91 Å². The fraction of sp³-hybridized carbons (Fsp3) is 1.00. The summed E-state index contributed by atoms with van der Waals surface area (Å²) in [5.41, 5.74) is 0. The van der Waals surface area contributed by atoms with Gasteiger partial charge >= 0.3 is 0 Å². The van der Waals surface area contributed by atoms with Crippen molar-refractivity contribution in [3.8, 4) is 0 Å². The molecule has 0 amide bonds. The summed E-state index contributed by atoms with van der Waals surface area (Å²) < 4.78 is 15.2. The predicted octanol–water partition coefficient (Wildman–Crippen LogP) is 0.298. The van der Waals surface area contributed by atoms with Crippen LogP contribution in [0.15, 0.2) is 0 Å². The van der Waals surface area contributed by atoms with E-state index >= 15 is 0 Å². The van der Waals surface area contributed by atoms with Crippen LogP contribution in [0.2, 0.25) is 12.1 Å². The van der Waals surface area contributed by atoms with Gasteiger partial charge in [-0.05, 0) is 6.04 Å². The third-order valence-electron chi connectivity index (χ3n) is 1.83. The highest BCUT2D eigenvalue weighted by molar-refractivity contribution is 7.07. The number of halogens is 1. The van der Waals surface area contributed by atoms with E-state index in [1.807, 2.05) is 0 Å². The van der Waals surface area contributed by atoms with E-state index in [1.165, 1.54) is 6.04 Å². The zero-order chi connectivity index (χ0) is 10.1. The summed E-state index contributed by atoms with van der Waals surface area (Å²) in [6.45, 7) is 0. The second kappa shape index (κ2) is 9.17. The molecule has 0 radical (unpaired) electrons. The molecule has 0 fully saturated rings. The summed E-state index contributed by atoms with van der Waals surface area (Å²) in [5, 5.41) is 0. The minimum atomic E-state index is -1.11. The van der Waals surface area contributed by atoms with Crippen LogP contribution in [0.25, 0.3) is 0 Å². The summed E-state index contributed by atoms with van der Waals surface area (Å²) in [7, 11) is 3.68. The van der Waals surface area contributed by atoms with Crippen molar-refractivity contribution in [2.24, 2.45) is 0 Å². The molecule has 1 unspecified atom stereocenters. The van der Waals surface area contributed by atoms with Gasteiger partial charge in [0.05, 0.1) is 15.7 Å². The van der Waals surface area contributed by atoms with Crippen molar-refractivity contribution in [3.63, 3.8) is 0 Å². The van der Waals surface area contributed by atoms with E-state index in [2.05, 4.69) is 0 Å². The molecular weight excluding hydrogens is 224 g/mol. The number of rotatable bonds is 8. The normalized spacial score (nSPS) is 14.5. The Balaban J connectivity index is 3.32. The highest BCUT2D eigenvalue weighted by Gasteiger charge is 2.10. The van der Waals surface area contributed by atoms with Crippen molar-refractivity contribution in [2.45, 2.75) is 18.0 Å². The molecule has 0 aliphatic carbocycles. The van der Waals surface area contributed by atoms with E-state index < -0.39 is 8.11 Å². The Hall–Kier alpha value is 0.604. The second-order valence-corrected chi connectivity index (χ2v) is 8.79. The van der Waals surface area contributed by atoms with Crippen LogP contribution in [0.1, 0.15) is 0 Å². The summed E-state index contributed by atoms with van der Waals surface area (Å²) in [5.74, 6) is 0.0559. The Morgan fingerprint density at radius 2 is 1.92 bits per heavy atom. The standard InChI is InChI=1S/C7H19ClO3Si2/c1-9-6-13(8)5-4-12-7(10-2)11-3/h7,13H,4-6,12H2,1-3H3. The van der Waals surface area contributed by atoms with Gasteiger partial charge in [0.15, 0.2) is 8.11 Å². The van der Waals surface area contributed by atoms with E-state index in [9.17, 15) is 0 Å². The van der Waals surface area contributed by atoms with Crippen LogP contribution in [0.4, 0.5) is 0 Å². The Bertz CT molecular complexity index is 114. The smallest absolute Gasteiger partial charge is 0.167 e. The summed E-state index contributed by atoms with van der Waals surface area (Å²) in [6, 6.07) is 2.32. The SMILES string of the molecule is COC[SiH](Cl)CC[SiH2]C(OC)OC. The molecule has 0 aliphatic heterocycles. The maximum absolute atomic E-state index is 6.11. The first kappa shape index (κ1) is 13.6. The van der Waals surface area contributed by atoms with Gasteiger partial charge in [-0.15, -0.1) is 0 Å². The van der Waals surface area contributed by atoms with E-state index in [0.29, 0.717) is 0 Å². The van der Waals surface area contributed by atoms with Crippen molar-refractivity contribution in [2.75, 3.05) is 27.6 Å². The summed E-state index contributed by atoms with van der Waals surface area (Å²) in [6.07, 6.45) is 0.764. The maximum Gasteiger partial charge on any atom is 0.167 e. The molecule has 80 valence electrons. The number of hydrogen-bond acceptors (Lipinski definition) is 3. The third-order valence-corrected chi connectivity index (χ3v) is 7.36. The van der Waals surface area contributed by atoms with E-state index in [-0.39, 0.29) is 15.4 Å². The molecule has 0 bridgehead atoms. The van der Waals surface area contributed by atoms with Gasteiger partial charge in [0, 0.05) is 21.3 Å². The number of methoxy groups -OCH3 is 3. The van der Waals surface area contributed by atoms with Gasteiger partial charge in [-0.3, -0.25) is 0 Å². The van der Waals surface area contributed by atoms with E-state index in [1.54, 1.807) is 21.3 Å². The number of ether oxygens (including phenoxy) is 3. The van der Waals surface area contributed by atoms with E-state index in [4.69, 9.17) is 25.3 Å². The Morgan fingerprint density at radius 3 is 2.38 bits per heavy atom. The molecule has 3 nitrogen and oxygen atoms in total. The minimum Gasteiger partial charge on any atom is -0.387 e. The predicted molar refractivity (Wildman–Crippen MR) is 60.8 cm³/mol. The first-order chi connectivity index (χ1) is 6.24. The van der Waals surface area contributed by atoms with Crippen molar-refractivity contribution in [1.29, 1.82) is 0 Å². The average molecular weight is 243 g/mol. The third kappa shape index (κ3) is 7.66. The van der Waals surface area contributed by atoms with Gasteiger partial charge in [-0.1, -0.05) is 6.04 Å². The lowest BCUT2D eigenvalue weighted by atomic mass is 10.9. The molecule has 0 saturated heterocycles. The quantitative estimate of drug-likeness (QED) is 0.348. The van der Waals surface area contributed by atoms with Crippen LogP contribution >= 0.6 is 11.1 Å². The van der Waals surface area contributed by atoms with Crippen LogP contribution in [-0.4, -0.2) is 51.1 Å². The van der Waals surface area contributed by atoms with Gasteiger partial charge in [-0.2, -0.15) is 11.1 Å². The molecule has 0 aromatic rings. The lowest BCUT2D eigenvalue weighted by molar-refractivity contribution is -0.0440. The molecule has 0 aromatic heterocycles. The lowest BCUT2D eigenvalue weighted by Crippen LogP contribution is -2.23. The van der Waals surface area contributed by atoms with Crippen molar-refractivity contribution in [3.05, 3.63) is 0 Å². The van der Waals surface area contributed by atoms with E-state index in [0.717, 1.165) is 12.3 Å². The van der Waals surface area contributed by atoms with Crippen LogP contribution in [-0.2, 0) is 14.2 Å². The highest BCUT2D eigenvalue weighted by Crippen LogP contribution is 2.04. The zero-order valence-electron chi connectivity index (χ0n) is 8.59. The van der Waals surface area contributed by atoms with Crippen LogP contribution in [0.5, 0.6) is 0 Å². The molecule has 13 heavy (non-hydrogen) atoms. The Labute approximate surface area is 88.8 Å². The fourth-order valence-corrected chi connectivity index (χ4v) is 6.92. The number of hydrogen-bond donors (Lipinski definition) is 0. The minimum absolute atomic E-state index is 0.0559. The molecular formula is C7H19ClO3Si2. The molecule has 6 heteroatoms. The summed E-state index contributed by atoms with van der Waals surface area (Å²) in [4.78, 5) is 0. The molecule has 1 atom stereocenters. The van der Waals surface area contributed by atoms with Crippen molar-refractivity contribution >= 4 is 28.7 Å². The van der Waals surface area contributed by atoms with Gasteiger partial charge in [0.25, 0.3) is 0 Å². The molecule has 0 saturated carbocycles. The lowest BCUT2D eigenvalue weighted by Gasteiger charge is -2.13.